The molecule has 0 saturated carbocycles. The fourth-order valence-corrected chi connectivity index (χ4v) is 1.95. The normalized spacial score (nSPS) is 16.0. The lowest BCUT2D eigenvalue weighted by atomic mass is 10.4. The van der Waals surface area contributed by atoms with Gasteiger partial charge in [-0.3, -0.25) is 0 Å². The molecule has 0 radical (unpaired) electrons. The van der Waals surface area contributed by atoms with Crippen molar-refractivity contribution in [2.75, 3.05) is 6.54 Å². The summed E-state index contributed by atoms with van der Waals surface area (Å²) in [5, 5.41) is 15.8. The summed E-state index contributed by atoms with van der Waals surface area (Å²) in [6.07, 6.45) is -5.03. The Morgan fingerprint density at radius 1 is 1.53 bits per heavy atom. The Balaban J connectivity index is 4.35. The first-order chi connectivity index (χ1) is 6.85. The van der Waals surface area contributed by atoms with Gasteiger partial charge in [0.15, 0.2) is 5.25 Å². The van der Waals surface area contributed by atoms with Gasteiger partial charge in [-0.25, -0.2) is 21.9 Å². The Labute approximate surface area is 86.8 Å². The van der Waals surface area contributed by atoms with Crippen LogP contribution in [0.25, 0.3) is 0 Å². The number of hydrogen-bond donors (Lipinski definition) is 2. The van der Waals surface area contributed by atoms with Gasteiger partial charge in [-0.2, -0.15) is 5.26 Å². The number of alkyl halides is 2. The summed E-state index contributed by atoms with van der Waals surface area (Å²) in [5.41, 5.74) is 0. The average molecular weight is 242 g/mol. The number of sulfonamides is 1. The monoisotopic (exact) mass is 242 g/mol. The zero-order valence-electron chi connectivity index (χ0n) is 8.02. The molecule has 0 aromatic heterocycles. The SMILES string of the molecule is CCC(C#N)S(=O)(=O)NCC(O)C(F)F. The summed E-state index contributed by atoms with van der Waals surface area (Å²) in [6.45, 7) is 0.689. The van der Waals surface area contributed by atoms with E-state index in [4.69, 9.17) is 10.4 Å². The van der Waals surface area contributed by atoms with E-state index in [9.17, 15) is 17.2 Å². The first-order valence-electron chi connectivity index (χ1n) is 4.19. The predicted molar refractivity (Wildman–Crippen MR) is 48.6 cm³/mol. The molecular weight excluding hydrogens is 230 g/mol. The second kappa shape index (κ2) is 5.95. The number of aliphatic hydroxyl groups excluding tert-OH is 1. The summed E-state index contributed by atoms with van der Waals surface area (Å²) in [7, 11) is -3.96. The van der Waals surface area contributed by atoms with E-state index in [0.717, 1.165) is 0 Å². The average Bonchev–Trinajstić information content (AvgIpc) is 2.15. The van der Waals surface area contributed by atoms with Crippen LogP contribution in [0.5, 0.6) is 0 Å². The van der Waals surface area contributed by atoms with Gasteiger partial charge in [-0.15, -0.1) is 0 Å². The molecule has 0 fully saturated rings. The molecule has 15 heavy (non-hydrogen) atoms. The molecule has 0 aliphatic carbocycles. The number of nitrogens with one attached hydrogen (secondary N) is 1. The van der Waals surface area contributed by atoms with Crippen molar-refractivity contribution in [2.45, 2.75) is 31.1 Å². The fraction of sp³-hybridized carbons (Fsp3) is 0.857. The molecule has 0 spiro atoms. The summed E-state index contributed by atoms with van der Waals surface area (Å²) in [6, 6.07) is 1.53. The van der Waals surface area contributed by atoms with E-state index < -0.39 is 34.3 Å². The van der Waals surface area contributed by atoms with Crippen molar-refractivity contribution >= 4 is 10.0 Å². The number of nitrogens with zero attached hydrogens (tertiary/aromatic N) is 1. The Kier molecular flexibility index (Phi) is 5.64. The van der Waals surface area contributed by atoms with Crippen molar-refractivity contribution in [3.63, 3.8) is 0 Å². The minimum Gasteiger partial charge on any atom is -0.386 e. The van der Waals surface area contributed by atoms with Gasteiger partial charge in [-0.05, 0) is 6.42 Å². The highest BCUT2D eigenvalue weighted by atomic mass is 32.2. The van der Waals surface area contributed by atoms with E-state index in [1.807, 2.05) is 0 Å². The van der Waals surface area contributed by atoms with Gasteiger partial charge < -0.3 is 5.11 Å². The molecule has 0 bridgehead atoms. The highest BCUT2D eigenvalue weighted by molar-refractivity contribution is 7.90. The van der Waals surface area contributed by atoms with Gasteiger partial charge >= 0.3 is 0 Å². The van der Waals surface area contributed by atoms with Crippen LogP contribution in [0.15, 0.2) is 0 Å². The van der Waals surface area contributed by atoms with E-state index in [2.05, 4.69) is 0 Å². The zero-order chi connectivity index (χ0) is 12.1. The van der Waals surface area contributed by atoms with E-state index in [-0.39, 0.29) is 6.42 Å². The van der Waals surface area contributed by atoms with Crippen molar-refractivity contribution in [3.8, 4) is 6.07 Å². The molecule has 0 heterocycles. The third-order valence-corrected chi connectivity index (χ3v) is 3.43. The first kappa shape index (κ1) is 14.2. The third-order valence-electron chi connectivity index (χ3n) is 1.67. The number of aliphatic hydroxyl groups is 1. The molecule has 8 heteroatoms. The van der Waals surface area contributed by atoms with Crippen LogP contribution in [-0.2, 0) is 10.0 Å². The molecule has 2 unspecified atom stereocenters. The highest BCUT2D eigenvalue weighted by Crippen LogP contribution is 2.04. The van der Waals surface area contributed by atoms with Crippen LogP contribution in [0.3, 0.4) is 0 Å². The standard InChI is InChI=1S/C7H12F2N2O3S/c1-2-5(3-10)15(13,14)11-4-6(12)7(8)9/h5-7,11-12H,2,4H2,1H3. The predicted octanol–water partition coefficient (Wildman–Crippen LogP) is -0.166. The second-order valence-electron chi connectivity index (χ2n) is 2.82. The van der Waals surface area contributed by atoms with Crippen LogP contribution in [0.1, 0.15) is 13.3 Å². The van der Waals surface area contributed by atoms with Crippen molar-refractivity contribution in [3.05, 3.63) is 0 Å². The van der Waals surface area contributed by atoms with Crippen LogP contribution in [0.2, 0.25) is 0 Å². The van der Waals surface area contributed by atoms with Crippen molar-refractivity contribution in [2.24, 2.45) is 0 Å². The van der Waals surface area contributed by atoms with E-state index in [0.29, 0.717) is 0 Å². The smallest absolute Gasteiger partial charge is 0.265 e. The largest absolute Gasteiger partial charge is 0.386 e. The van der Waals surface area contributed by atoms with Crippen molar-refractivity contribution < 1.29 is 22.3 Å². The molecule has 0 aliphatic rings. The first-order valence-corrected chi connectivity index (χ1v) is 5.74. The Bertz CT molecular complexity index is 326. The molecule has 0 aromatic rings. The summed E-state index contributed by atoms with van der Waals surface area (Å²) >= 11 is 0. The van der Waals surface area contributed by atoms with Crippen LogP contribution < -0.4 is 4.72 Å². The maximum atomic E-state index is 11.8. The van der Waals surface area contributed by atoms with Crippen LogP contribution >= 0.6 is 0 Å². The quantitative estimate of drug-likeness (QED) is 0.676. The molecule has 2 N–H and O–H groups in total. The molecule has 0 rings (SSSR count). The van der Waals surface area contributed by atoms with Crippen molar-refractivity contribution in [1.82, 2.24) is 4.72 Å². The minimum atomic E-state index is -3.96. The maximum Gasteiger partial charge on any atom is 0.265 e. The lowest BCUT2D eigenvalue weighted by molar-refractivity contribution is -0.000467. The van der Waals surface area contributed by atoms with E-state index in [1.165, 1.54) is 13.0 Å². The molecule has 88 valence electrons. The molecule has 5 nitrogen and oxygen atoms in total. The Morgan fingerprint density at radius 3 is 2.40 bits per heavy atom. The number of nitriles is 1. The number of hydrogen-bond acceptors (Lipinski definition) is 4. The van der Waals surface area contributed by atoms with E-state index >= 15 is 0 Å². The van der Waals surface area contributed by atoms with Gasteiger partial charge in [0.05, 0.1) is 6.07 Å². The lowest BCUT2D eigenvalue weighted by Gasteiger charge is -2.13. The third kappa shape index (κ3) is 4.51. The van der Waals surface area contributed by atoms with Gasteiger partial charge in [0.2, 0.25) is 10.0 Å². The van der Waals surface area contributed by atoms with Gasteiger partial charge in [0, 0.05) is 6.54 Å². The molecule has 0 aromatic carbocycles. The maximum absolute atomic E-state index is 11.8. The molecule has 0 saturated heterocycles. The summed E-state index contributed by atoms with van der Waals surface area (Å²) < 4.78 is 47.9. The number of halogens is 2. The molecule has 0 amide bonds. The summed E-state index contributed by atoms with van der Waals surface area (Å²) in [5.74, 6) is 0. The number of rotatable bonds is 6. The van der Waals surface area contributed by atoms with E-state index in [1.54, 1.807) is 4.72 Å². The molecular formula is C7H12F2N2O3S. The Morgan fingerprint density at radius 2 is 2.07 bits per heavy atom. The second-order valence-corrected chi connectivity index (χ2v) is 4.77. The topological polar surface area (TPSA) is 90.2 Å². The van der Waals surface area contributed by atoms with Crippen LogP contribution in [-0.4, -0.2) is 37.8 Å². The fourth-order valence-electron chi connectivity index (χ4n) is 0.771. The minimum absolute atomic E-state index is 0.0522. The summed E-state index contributed by atoms with van der Waals surface area (Å²) in [4.78, 5) is 0. The van der Waals surface area contributed by atoms with Gasteiger partial charge in [0.1, 0.15) is 6.10 Å². The van der Waals surface area contributed by atoms with Gasteiger partial charge in [-0.1, -0.05) is 6.92 Å². The zero-order valence-corrected chi connectivity index (χ0v) is 8.84. The molecule has 2 atom stereocenters. The van der Waals surface area contributed by atoms with Crippen LogP contribution in [0, 0.1) is 11.3 Å². The highest BCUT2D eigenvalue weighted by Gasteiger charge is 2.25. The van der Waals surface area contributed by atoms with Crippen molar-refractivity contribution in [1.29, 1.82) is 5.26 Å². The lowest BCUT2D eigenvalue weighted by Crippen LogP contribution is -2.40. The molecule has 0 aliphatic heterocycles. The van der Waals surface area contributed by atoms with Crippen LogP contribution in [0.4, 0.5) is 8.78 Å². The Hall–Kier alpha value is -0.780. The van der Waals surface area contributed by atoms with Gasteiger partial charge in [0.25, 0.3) is 6.43 Å².